The van der Waals surface area contributed by atoms with Gasteiger partial charge >= 0.3 is 5.97 Å². The average molecular weight is 220 g/mol. The SMILES string of the molecule is CC1CCCN1c1ccc(N)cc1C(=O)O. The molecule has 1 aliphatic heterocycles. The van der Waals surface area contributed by atoms with E-state index in [1.807, 2.05) is 0 Å². The molecule has 1 fully saturated rings. The lowest BCUT2D eigenvalue weighted by molar-refractivity contribution is 0.0697. The molecule has 4 heteroatoms. The molecule has 0 amide bonds. The van der Waals surface area contributed by atoms with Crippen LogP contribution in [0.3, 0.4) is 0 Å². The molecule has 1 aliphatic rings. The van der Waals surface area contributed by atoms with Crippen molar-refractivity contribution in [3.05, 3.63) is 23.8 Å². The number of hydrogen-bond acceptors (Lipinski definition) is 3. The minimum atomic E-state index is -0.915. The molecule has 1 heterocycles. The first-order valence-electron chi connectivity index (χ1n) is 5.49. The van der Waals surface area contributed by atoms with E-state index in [-0.39, 0.29) is 0 Å². The monoisotopic (exact) mass is 220 g/mol. The van der Waals surface area contributed by atoms with Crippen LogP contribution in [0.5, 0.6) is 0 Å². The molecule has 16 heavy (non-hydrogen) atoms. The second kappa shape index (κ2) is 4.04. The molecule has 1 atom stereocenters. The number of nitrogens with zero attached hydrogens (tertiary/aromatic N) is 1. The highest BCUT2D eigenvalue weighted by molar-refractivity contribution is 5.95. The highest BCUT2D eigenvalue weighted by atomic mass is 16.4. The first kappa shape index (κ1) is 10.8. The maximum Gasteiger partial charge on any atom is 0.337 e. The number of nitrogen functional groups attached to an aromatic ring is 1. The van der Waals surface area contributed by atoms with E-state index < -0.39 is 5.97 Å². The van der Waals surface area contributed by atoms with E-state index in [1.54, 1.807) is 12.1 Å². The van der Waals surface area contributed by atoms with Crippen LogP contribution >= 0.6 is 0 Å². The summed E-state index contributed by atoms with van der Waals surface area (Å²) in [7, 11) is 0. The number of hydrogen-bond donors (Lipinski definition) is 2. The molecule has 0 aromatic heterocycles. The Kier molecular flexibility index (Phi) is 2.73. The van der Waals surface area contributed by atoms with Crippen LogP contribution in [0.4, 0.5) is 11.4 Å². The third-order valence-electron chi connectivity index (χ3n) is 3.11. The first-order valence-corrected chi connectivity index (χ1v) is 5.49. The molecule has 1 aromatic carbocycles. The zero-order valence-electron chi connectivity index (χ0n) is 9.31. The highest BCUT2D eigenvalue weighted by Crippen LogP contribution is 2.29. The summed E-state index contributed by atoms with van der Waals surface area (Å²) in [6.07, 6.45) is 2.23. The smallest absolute Gasteiger partial charge is 0.337 e. The van der Waals surface area contributed by atoms with Crippen molar-refractivity contribution in [3.8, 4) is 0 Å². The van der Waals surface area contributed by atoms with Gasteiger partial charge in [0.05, 0.1) is 11.3 Å². The van der Waals surface area contributed by atoms with Gasteiger partial charge in [0.2, 0.25) is 0 Å². The molecule has 1 saturated heterocycles. The van der Waals surface area contributed by atoms with Crippen molar-refractivity contribution in [2.75, 3.05) is 17.2 Å². The average Bonchev–Trinajstić information content (AvgIpc) is 2.64. The van der Waals surface area contributed by atoms with Gasteiger partial charge in [0.25, 0.3) is 0 Å². The van der Waals surface area contributed by atoms with Crippen molar-refractivity contribution in [1.82, 2.24) is 0 Å². The molecule has 0 radical (unpaired) electrons. The third-order valence-corrected chi connectivity index (χ3v) is 3.11. The second-order valence-electron chi connectivity index (χ2n) is 4.27. The summed E-state index contributed by atoms with van der Waals surface area (Å²) in [4.78, 5) is 13.3. The van der Waals surface area contributed by atoms with Gasteiger partial charge in [-0.25, -0.2) is 4.79 Å². The normalized spacial score (nSPS) is 20.1. The second-order valence-corrected chi connectivity index (χ2v) is 4.27. The van der Waals surface area contributed by atoms with Gasteiger partial charge < -0.3 is 15.7 Å². The number of carbonyl (C=O) groups is 1. The number of anilines is 2. The number of carboxylic acids is 1. The zero-order chi connectivity index (χ0) is 11.7. The van der Waals surface area contributed by atoms with Crippen molar-refractivity contribution >= 4 is 17.3 Å². The fourth-order valence-electron chi connectivity index (χ4n) is 2.27. The summed E-state index contributed by atoms with van der Waals surface area (Å²) in [5, 5.41) is 9.15. The van der Waals surface area contributed by atoms with Gasteiger partial charge in [-0.05, 0) is 38.0 Å². The number of aromatic carboxylic acids is 1. The van der Waals surface area contributed by atoms with E-state index in [1.165, 1.54) is 6.07 Å². The van der Waals surface area contributed by atoms with Crippen molar-refractivity contribution in [3.63, 3.8) is 0 Å². The molecule has 86 valence electrons. The van der Waals surface area contributed by atoms with Crippen molar-refractivity contribution in [1.29, 1.82) is 0 Å². The molecule has 4 nitrogen and oxygen atoms in total. The van der Waals surface area contributed by atoms with Gasteiger partial charge in [-0.3, -0.25) is 0 Å². The van der Waals surface area contributed by atoms with Gasteiger partial charge in [-0.2, -0.15) is 0 Å². The summed E-state index contributed by atoms with van der Waals surface area (Å²) in [6.45, 7) is 3.04. The van der Waals surface area contributed by atoms with Crippen LogP contribution < -0.4 is 10.6 Å². The lowest BCUT2D eigenvalue weighted by atomic mass is 10.1. The summed E-state index contributed by atoms with van der Waals surface area (Å²) in [6, 6.07) is 5.50. The van der Waals surface area contributed by atoms with Crippen LogP contribution in [0.2, 0.25) is 0 Å². The molecule has 2 rings (SSSR count). The summed E-state index contributed by atoms with van der Waals surface area (Å²) in [5.74, 6) is -0.915. The molecular weight excluding hydrogens is 204 g/mol. The highest BCUT2D eigenvalue weighted by Gasteiger charge is 2.24. The zero-order valence-corrected chi connectivity index (χ0v) is 9.31. The van der Waals surface area contributed by atoms with E-state index in [2.05, 4.69) is 11.8 Å². The predicted molar refractivity (Wildman–Crippen MR) is 63.9 cm³/mol. The van der Waals surface area contributed by atoms with Crippen LogP contribution in [0.25, 0.3) is 0 Å². The maximum absolute atomic E-state index is 11.2. The molecule has 3 N–H and O–H groups in total. The Morgan fingerprint density at radius 1 is 1.56 bits per heavy atom. The molecule has 0 aliphatic carbocycles. The van der Waals surface area contributed by atoms with Gasteiger partial charge in [0, 0.05) is 18.3 Å². The summed E-state index contributed by atoms with van der Waals surface area (Å²) in [5.41, 5.74) is 7.19. The van der Waals surface area contributed by atoms with Crippen LogP contribution in [-0.2, 0) is 0 Å². The largest absolute Gasteiger partial charge is 0.478 e. The molecule has 1 unspecified atom stereocenters. The van der Waals surface area contributed by atoms with Crippen molar-refractivity contribution in [2.24, 2.45) is 0 Å². The Labute approximate surface area is 94.7 Å². The Morgan fingerprint density at radius 2 is 2.31 bits per heavy atom. The van der Waals surface area contributed by atoms with E-state index >= 15 is 0 Å². The van der Waals surface area contributed by atoms with Gasteiger partial charge in [-0.15, -0.1) is 0 Å². The maximum atomic E-state index is 11.2. The standard InChI is InChI=1S/C12H16N2O2/c1-8-3-2-6-14(8)11-5-4-9(13)7-10(11)12(15)16/h4-5,7-8H,2-3,6,13H2,1H3,(H,15,16). The number of benzene rings is 1. The molecule has 0 bridgehead atoms. The Bertz CT molecular complexity index is 417. The molecular formula is C12H16N2O2. The topological polar surface area (TPSA) is 66.6 Å². The quantitative estimate of drug-likeness (QED) is 0.748. The molecule has 1 aromatic rings. The number of carboxylic acid groups (broad SMARTS) is 1. The van der Waals surface area contributed by atoms with E-state index in [0.717, 1.165) is 25.1 Å². The fraction of sp³-hybridized carbons (Fsp3) is 0.417. The fourth-order valence-corrected chi connectivity index (χ4v) is 2.27. The minimum Gasteiger partial charge on any atom is -0.478 e. The van der Waals surface area contributed by atoms with E-state index in [0.29, 0.717) is 17.3 Å². The predicted octanol–water partition coefficient (Wildman–Crippen LogP) is 1.96. The minimum absolute atomic E-state index is 0.300. The molecule has 0 spiro atoms. The number of nitrogens with two attached hydrogens (primary N) is 1. The van der Waals surface area contributed by atoms with Gasteiger partial charge in [-0.1, -0.05) is 0 Å². The van der Waals surface area contributed by atoms with Crippen LogP contribution in [0, 0.1) is 0 Å². The van der Waals surface area contributed by atoms with Crippen LogP contribution in [0.1, 0.15) is 30.1 Å². The Morgan fingerprint density at radius 3 is 2.88 bits per heavy atom. The van der Waals surface area contributed by atoms with Crippen LogP contribution in [0.15, 0.2) is 18.2 Å². The van der Waals surface area contributed by atoms with Crippen molar-refractivity contribution < 1.29 is 9.90 Å². The lowest BCUT2D eigenvalue weighted by Gasteiger charge is -2.25. The van der Waals surface area contributed by atoms with Crippen molar-refractivity contribution in [2.45, 2.75) is 25.8 Å². The van der Waals surface area contributed by atoms with E-state index in [4.69, 9.17) is 10.8 Å². The summed E-state index contributed by atoms with van der Waals surface area (Å²) < 4.78 is 0. The third kappa shape index (κ3) is 1.83. The van der Waals surface area contributed by atoms with Gasteiger partial charge in [0.15, 0.2) is 0 Å². The van der Waals surface area contributed by atoms with Crippen LogP contribution in [-0.4, -0.2) is 23.7 Å². The lowest BCUT2D eigenvalue weighted by Crippen LogP contribution is -2.28. The summed E-state index contributed by atoms with van der Waals surface area (Å²) >= 11 is 0. The molecule has 0 saturated carbocycles. The first-order chi connectivity index (χ1) is 7.59. The Hall–Kier alpha value is -1.71. The van der Waals surface area contributed by atoms with Gasteiger partial charge in [0.1, 0.15) is 0 Å². The van der Waals surface area contributed by atoms with E-state index in [9.17, 15) is 4.79 Å². The Balaban J connectivity index is 2.43. The number of rotatable bonds is 2.